The highest BCUT2D eigenvalue weighted by Crippen LogP contribution is 2.21. The maximum Gasteiger partial charge on any atom is 0.260 e. The first kappa shape index (κ1) is 14.2. The van der Waals surface area contributed by atoms with Crippen LogP contribution in [0.15, 0.2) is 18.2 Å². The molecule has 0 aromatic heterocycles. The van der Waals surface area contributed by atoms with Crippen molar-refractivity contribution >= 4 is 17.5 Å². The van der Waals surface area contributed by atoms with Crippen molar-refractivity contribution in [1.29, 1.82) is 0 Å². The van der Waals surface area contributed by atoms with E-state index in [9.17, 15) is 4.79 Å². The van der Waals surface area contributed by atoms with E-state index in [1.165, 1.54) is 0 Å². The van der Waals surface area contributed by atoms with Crippen molar-refractivity contribution in [3.63, 3.8) is 0 Å². The van der Waals surface area contributed by atoms with E-state index >= 15 is 0 Å². The van der Waals surface area contributed by atoms with E-state index in [4.69, 9.17) is 16.3 Å². The average molecular weight is 283 g/mol. The summed E-state index contributed by atoms with van der Waals surface area (Å²) in [7, 11) is 2.06. The first-order chi connectivity index (χ1) is 9.06. The van der Waals surface area contributed by atoms with Gasteiger partial charge >= 0.3 is 0 Å². The molecule has 1 aliphatic rings. The smallest absolute Gasteiger partial charge is 0.260 e. The fourth-order valence-electron chi connectivity index (χ4n) is 2.06. The molecule has 1 saturated heterocycles. The number of benzene rings is 1. The molecule has 1 amide bonds. The van der Waals surface area contributed by atoms with Gasteiger partial charge in [0.05, 0.1) is 0 Å². The number of aryl methyl sites for hydroxylation is 1. The molecule has 0 spiro atoms. The van der Waals surface area contributed by atoms with Gasteiger partial charge in [0.15, 0.2) is 6.61 Å². The van der Waals surface area contributed by atoms with Gasteiger partial charge in [-0.2, -0.15) is 0 Å². The van der Waals surface area contributed by atoms with Crippen LogP contribution < -0.4 is 4.74 Å². The van der Waals surface area contributed by atoms with E-state index in [1.54, 1.807) is 12.1 Å². The van der Waals surface area contributed by atoms with E-state index in [2.05, 4.69) is 11.9 Å². The third-order valence-corrected chi connectivity index (χ3v) is 3.58. The molecule has 0 radical (unpaired) electrons. The van der Waals surface area contributed by atoms with E-state index in [0.717, 1.165) is 31.7 Å². The van der Waals surface area contributed by atoms with Gasteiger partial charge in [-0.1, -0.05) is 11.6 Å². The molecular weight excluding hydrogens is 264 g/mol. The largest absolute Gasteiger partial charge is 0.483 e. The van der Waals surface area contributed by atoms with Gasteiger partial charge in [0.25, 0.3) is 5.91 Å². The van der Waals surface area contributed by atoms with Crippen LogP contribution >= 0.6 is 11.6 Å². The number of piperazine rings is 1. The number of halogens is 1. The molecule has 1 fully saturated rings. The van der Waals surface area contributed by atoms with Crippen molar-refractivity contribution in [1.82, 2.24) is 9.80 Å². The molecular formula is C14H19ClN2O2. The number of hydrogen-bond acceptors (Lipinski definition) is 3. The lowest BCUT2D eigenvalue weighted by molar-refractivity contribution is -0.134. The molecule has 0 unspecified atom stereocenters. The lowest BCUT2D eigenvalue weighted by Gasteiger charge is -2.32. The predicted molar refractivity (Wildman–Crippen MR) is 75.8 cm³/mol. The number of nitrogens with zero attached hydrogens (tertiary/aromatic N) is 2. The van der Waals surface area contributed by atoms with Gasteiger partial charge < -0.3 is 14.5 Å². The molecule has 0 aliphatic carbocycles. The third-order valence-electron chi connectivity index (χ3n) is 3.34. The third kappa shape index (κ3) is 3.85. The first-order valence-corrected chi connectivity index (χ1v) is 6.79. The van der Waals surface area contributed by atoms with Crippen molar-refractivity contribution in [3.8, 4) is 5.75 Å². The standard InChI is InChI=1S/C14H19ClN2O2/c1-11-9-12(15)3-4-13(11)19-10-14(18)17-7-5-16(2)6-8-17/h3-4,9H,5-8,10H2,1-2H3. The quantitative estimate of drug-likeness (QED) is 0.848. The molecule has 1 aromatic carbocycles. The van der Waals surface area contributed by atoms with Crippen molar-refractivity contribution in [2.45, 2.75) is 6.92 Å². The van der Waals surface area contributed by atoms with Crippen molar-refractivity contribution in [2.75, 3.05) is 39.8 Å². The van der Waals surface area contributed by atoms with Gasteiger partial charge in [-0.05, 0) is 37.7 Å². The molecule has 0 bridgehead atoms. The monoisotopic (exact) mass is 282 g/mol. The SMILES string of the molecule is Cc1cc(Cl)ccc1OCC(=O)N1CCN(C)CC1. The Morgan fingerprint density at radius 3 is 2.63 bits per heavy atom. The Hall–Kier alpha value is -1.26. The number of carbonyl (C=O) groups is 1. The van der Waals surface area contributed by atoms with Gasteiger partial charge in [0, 0.05) is 31.2 Å². The Bertz CT molecular complexity index is 457. The zero-order valence-corrected chi connectivity index (χ0v) is 12.1. The summed E-state index contributed by atoms with van der Waals surface area (Å²) in [5, 5.41) is 0.676. The molecule has 2 rings (SSSR count). The summed E-state index contributed by atoms with van der Waals surface area (Å²) in [6.45, 7) is 5.40. The summed E-state index contributed by atoms with van der Waals surface area (Å²) < 4.78 is 5.57. The number of hydrogen-bond donors (Lipinski definition) is 0. The fourth-order valence-corrected chi connectivity index (χ4v) is 2.29. The molecule has 0 atom stereocenters. The molecule has 1 aromatic rings. The second kappa shape index (κ2) is 6.26. The van der Waals surface area contributed by atoms with Crippen LogP contribution in [0.5, 0.6) is 5.75 Å². The number of likely N-dealkylation sites (N-methyl/N-ethyl adjacent to an activating group) is 1. The minimum atomic E-state index is 0.0439. The molecule has 104 valence electrons. The number of carbonyl (C=O) groups excluding carboxylic acids is 1. The zero-order valence-electron chi connectivity index (χ0n) is 11.4. The van der Waals surface area contributed by atoms with Crippen molar-refractivity contribution in [3.05, 3.63) is 28.8 Å². The summed E-state index contributed by atoms with van der Waals surface area (Å²) in [5.74, 6) is 0.759. The molecule has 1 aliphatic heterocycles. The summed E-state index contributed by atoms with van der Waals surface area (Å²) in [5.41, 5.74) is 0.943. The van der Waals surface area contributed by atoms with Gasteiger partial charge in [-0.3, -0.25) is 4.79 Å². The number of amides is 1. The van der Waals surface area contributed by atoms with Crippen LogP contribution in [0.3, 0.4) is 0 Å². The minimum absolute atomic E-state index is 0.0439. The molecule has 4 nitrogen and oxygen atoms in total. The van der Waals surface area contributed by atoms with E-state index in [0.29, 0.717) is 10.8 Å². The lowest BCUT2D eigenvalue weighted by Crippen LogP contribution is -2.48. The highest BCUT2D eigenvalue weighted by Gasteiger charge is 2.19. The van der Waals surface area contributed by atoms with Crippen LogP contribution in [0.1, 0.15) is 5.56 Å². The van der Waals surface area contributed by atoms with Crippen LogP contribution in [-0.4, -0.2) is 55.5 Å². The molecule has 5 heteroatoms. The van der Waals surface area contributed by atoms with Crippen LogP contribution in [0.4, 0.5) is 0 Å². The summed E-state index contributed by atoms with van der Waals surface area (Å²) >= 11 is 5.88. The second-order valence-electron chi connectivity index (χ2n) is 4.88. The summed E-state index contributed by atoms with van der Waals surface area (Å²) in [6, 6.07) is 5.40. The first-order valence-electron chi connectivity index (χ1n) is 6.41. The Kier molecular flexibility index (Phi) is 4.66. The highest BCUT2D eigenvalue weighted by molar-refractivity contribution is 6.30. The van der Waals surface area contributed by atoms with E-state index in [-0.39, 0.29) is 12.5 Å². The normalized spacial score (nSPS) is 16.5. The minimum Gasteiger partial charge on any atom is -0.483 e. The lowest BCUT2D eigenvalue weighted by atomic mass is 10.2. The van der Waals surface area contributed by atoms with Crippen molar-refractivity contribution < 1.29 is 9.53 Å². The Balaban J connectivity index is 1.86. The summed E-state index contributed by atoms with van der Waals surface area (Å²) in [6.07, 6.45) is 0. The topological polar surface area (TPSA) is 32.8 Å². The Morgan fingerprint density at radius 1 is 1.32 bits per heavy atom. The van der Waals surface area contributed by atoms with Crippen LogP contribution in [-0.2, 0) is 4.79 Å². The van der Waals surface area contributed by atoms with Crippen LogP contribution in [0.2, 0.25) is 5.02 Å². The van der Waals surface area contributed by atoms with Crippen LogP contribution in [0, 0.1) is 6.92 Å². The van der Waals surface area contributed by atoms with E-state index in [1.807, 2.05) is 17.9 Å². The van der Waals surface area contributed by atoms with Gasteiger partial charge in [-0.25, -0.2) is 0 Å². The average Bonchev–Trinajstić information content (AvgIpc) is 2.38. The summed E-state index contributed by atoms with van der Waals surface area (Å²) in [4.78, 5) is 16.1. The van der Waals surface area contributed by atoms with Crippen LogP contribution in [0.25, 0.3) is 0 Å². The molecule has 0 saturated carbocycles. The van der Waals surface area contributed by atoms with E-state index < -0.39 is 0 Å². The maximum absolute atomic E-state index is 12.0. The van der Waals surface area contributed by atoms with Gasteiger partial charge in [0.2, 0.25) is 0 Å². The van der Waals surface area contributed by atoms with Gasteiger partial charge in [0.1, 0.15) is 5.75 Å². The highest BCUT2D eigenvalue weighted by atomic mass is 35.5. The Morgan fingerprint density at radius 2 is 2.00 bits per heavy atom. The predicted octanol–water partition coefficient (Wildman–Crippen LogP) is 1.80. The molecule has 1 heterocycles. The Labute approximate surface area is 118 Å². The van der Waals surface area contributed by atoms with Gasteiger partial charge in [-0.15, -0.1) is 0 Å². The van der Waals surface area contributed by atoms with Crippen molar-refractivity contribution in [2.24, 2.45) is 0 Å². The fraction of sp³-hybridized carbons (Fsp3) is 0.500. The maximum atomic E-state index is 12.0. The molecule has 19 heavy (non-hydrogen) atoms. The zero-order chi connectivity index (χ0) is 13.8. The number of rotatable bonds is 3. The molecule has 0 N–H and O–H groups in total. The second-order valence-corrected chi connectivity index (χ2v) is 5.32. The number of ether oxygens (including phenoxy) is 1.